The smallest absolute Gasteiger partial charge is 0.328 e. The summed E-state index contributed by atoms with van der Waals surface area (Å²) in [7, 11) is 1.75. The van der Waals surface area contributed by atoms with Gasteiger partial charge in [0, 0.05) is 12.2 Å². The molecule has 8 nitrogen and oxygen atoms in total. The number of hydrogen-bond donors (Lipinski definition) is 2. The molecular formula is C11H15N5O3. The van der Waals surface area contributed by atoms with Crippen molar-refractivity contribution in [3.05, 3.63) is 32.9 Å². The van der Waals surface area contributed by atoms with Gasteiger partial charge in [-0.15, -0.1) is 0 Å². The fourth-order valence-corrected chi connectivity index (χ4v) is 1.62. The Morgan fingerprint density at radius 3 is 2.84 bits per heavy atom. The van der Waals surface area contributed by atoms with Gasteiger partial charge in [0.15, 0.2) is 0 Å². The summed E-state index contributed by atoms with van der Waals surface area (Å²) in [5, 5.41) is 6.60. The highest BCUT2D eigenvalue weighted by molar-refractivity contribution is 5.50. The van der Waals surface area contributed by atoms with Gasteiger partial charge in [-0.3, -0.25) is 14.3 Å². The Hall–Kier alpha value is -2.22. The average Bonchev–Trinajstić information content (AvgIpc) is 2.77. The van der Waals surface area contributed by atoms with Crippen molar-refractivity contribution in [1.29, 1.82) is 0 Å². The molecule has 0 radical (unpaired) electrons. The first kappa shape index (κ1) is 13.2. The number of H-pyrrole nitrogens is 1. The lowest BCUT2D eigenvalue weighted by molar-refractivity contribution is 0.372. The summed E-state index contributed by atoms with van der Waals surface area (Å²) in [6.45, 7) is 4.09. The van der Waals surface area contributed by atoms with Crippen LogP contribution in [0.25, 0.3) is 11.4 Å². The summed E-state index contributed by atoms with van der Waals surface area (Å²) >= 11 is 0. The summed E-state index contributed by atoms with van der Waals surface area (Å²) in [6.07, 6.45) is 1.44. The van der Waals surface area contributed by atoms with Gasteiger partial charge in [0.2, 0.25) is 11.7 Å². The minimum Gasteiger partial charge on any atom is -0.338 e. The molecule has 19 heavy (non-hydrogen) atoms. The van der Waals surface area contributed by atoms with Crippen molar-refractivity contribution in [2.24, 2.45) is 0 Å². The fraction of sp³-hybridized carbons (Fsp3) is 0.455. The average molecular weight is 265 g/mol. The number of aromatic amines is 1. The molecule has 0 spiro atoms. The van der Waals surface area contributed by atoms with E-state index in [-0.39, 0.29) is 17.4 Å². The van der Waals surface area contributed by atoms with Crippen molar-refractivity contribution in [1.82, 2.24) is 25.0 Å². The number of nitrogens with one attached hydrogen (secondary N) is 2. The van der Waals surface area contributed by atoms with Crippen LogP contribution in [-0.2, 0) is 6.54 Å². The highest BCUT2D eigenvalue weighted by atomic mass is 16.5. The van der Waals surface area contributed by atoms with Crippen LogP contribution in [-0.4, -0.2) is 26.7 Å². The predicted molar refractivity (Wildman–Crippen MR) is 67.8 cm³/mol. The lowest BCUT2D eigenvalue weighted by atomic mass is 10.3. The van der Waals surface area contributed by atoms with Crippen LogP contribution in [0.5, 0.6) is 0 Å². The minimum atomic E-state index is -0.529. The van der Waals surface area contributed by atoms with Gasteiger partial charge in [-0.25, -0.2) is 4.79 Å². The maximum atomic E-state index is 11.8. The second-order valence-electron chi connectivity index (χ2n) is 4.35. The van der Waals surface area contributed by atoms with E-state index in [2.05, 4.69) is 20.4 Å². The highest BCUT2D eigenvalue weighted by Gasteiger charge is 2.14. The van der Waals surface area contributed by atoms with Crippen molar-refractivity contribution in [2.75, 3.05) is 7.05 Å². The van der Waals surface area contributed by atoms with E-state index in [1.165, 1.54) is 10.8 Å². The maximum absolute atomic E-state index is 11.8. The zero-order chi connectivity index (χ0) is 14.0. The lowest BCUT2D eigenvalue weighted by Crippen LogP contribution is -2.31. The second-order valence-corrected chi connectivity index (χ2v) is 4.35. The lowest BCUT2D eigenvalue weighted by Gasteiger charge is -2.08. The number of nitrogens with zero attached hydrogens (tertiary/aromatic N) is 3. The van der Waals surface area contributed by atoms with Crippen molar-refractivity contribution in [3.8, 4) is 11.4 Å². The van der Waals surface area contributed by atoms with Gasteiger partial charge in [0.25, 0.3) is 5.56 Å². The number of aromatic nitrogens is 4. The van der Waals surface area contributed by atoms with E-state index in [0.717, 1.165) is 0 Å². The number of rotatable bonds is 4. The summed E-state index contributed by atoms with van der Waals surface area (Å²) in [4.78, 5) is 29.7. The molecule has 0 unspecified atom stereocenters. The van der Waals surface area contributed by atoms with E-state index in [4.69, 9.17) is 4.52 Å². The van der Waals surface area contributed by atoms with Crippen molar-refractivity contribution < 1.29 is 4.52 Å². The molecule has 0 bridgehead atoms. The van der Waals surface area contributed by atoms with E-state index in [9.17, 15) is 9.59 Å². The van der Waals surface area contributed by atoms with E-state index < -0.39 is 11.2 Å². The molecule has 2 rings (SSSR count). The van der Waals surface area contributed by atoms with Gasteiger partial charge in [-0.1, -0.05) is 5.16 Å². The van der Waals surface area contributed by atoms with Gasteiger partial charge < -0.3 is 9.84 Å². The van der Waals surface area contributed by atoms with Gasteiger partial charge >= 0.3 is 5.69 Å². The van der Waals surface area contributed by atoms with Crippen LogP contribution >= 0.6 is 0 Å². The third-order valence-corrected chi connectivity index (χ3v) is 2.56. The second kappa shape index (κ2) is 5.19. The largest absolute Gasteiger partial charge is 0.338 e. The molecule has 0 saturated heterocycles. The Balaban J connectivity index is 2.52. The number of hydrogen-bond acceptors (Lipinski definition) is 6. The Labute approximate surface area is 108 Å². The molecule has 0 amide bonds. The molecule has 0 saturated carbocycles. The van der Waals surface area contributed by atoms with Crippen LogP contribution in [0.3, 0.4) is 0 Å². The molecule has 2 aromatic heterocycles. The zero-order valence-corrected chi connectivity index (χ0v) is 10.9. The zero-order valence-electron chi connectivity index (χ0n) is 10.9. The van der Waals surface area contributed by atoms with Crippen molar-refractivity contribution >= 4 is 0 Å². The van der Waals surface area contributed by atoms with Crippen LogP contribution in [0.15, 0.2) is 20.3 Å². The first-order chi connectivity index (χ1) is 9.02. The first-order valence-corrected chi connectivity index (χ1v) is 5.86. The Morgan fingerprint density at radius 2 is 2.21 bits per heavy atom. The Bertz CT molecular complexity index is 682. The Kier molecular flexibility index (Phi) is 3.61. The van der Waals surface area contributed by atoms with Gasteiger partial charge in [-0.2, -0.15) is 4.98 Å². The fourth-order valence-electron chi connectivity index (χ4n) is 1.62. The van der Waals surface area contributed by atoms with E-state index in [0.29, 0.717) is 12.4 Å². The molecule has 0 fully saturated rings. The summed E-state index contributed by atoms with van der Waals surface area (Å²) in [6, 6.07) is -0.0771. The monoisotopic (exact) mass is 265 g/mol. The van der Waals surface area contributed by atoms with Crippen LogP contribution in [0.4, 0.5) is 0 Å². The minimum absolute atomic E-state index is 0.0771. The third-order valence-electron chi connectivity index (χ3n) is 2.56. The summed E-state index contributed by atoms with van der Waals surface area (Å²) in [5.41, 5.74) is -0.777. The molecule has 102 valence electrons. The van der Waals surface area contributed by atoms with E-state index in [1.54, 1.807) is 7.05 Å². The molecule has 8 heteroatoms. The molecule has 2 N–H and O–H groups in total. The summed E-state index contributed by atoms with van der Waals surface area (Å²) < 4.78 is 6.39. The molecule has 0 aliphatic carbocycles. The van der Waals surface area contributed by atoms with Crippen LogP contribution in [0, 0.1) is 0 Å². The van der Waals surface area contributed by atoms with Crippen LogP contribution in [0.1, 0.15) is 25.8 Å². The molecule has 0 aliphatic heterocycles. The van der Waals surface area contributed by atoms with Crippen molar-refractivity contribution in [2.45, 2.75) is 26.4 Å². The van der Waals surface area contributed by atoms with Crippen molar-refractivity contribution in [3.63, 3.8) is 0 Å². The van der Waals surface area contributed by atoms with Gasteiger partial charge in [-0.05, 0) is 20.9 Å². The topological polar surface area (TPSA) is 106 Å². The first-order valence-electron chi connectivity index (χ1n) is 5.86. The highest BCUT2D eigenvalue weighted by Crippen LogP contribution is 2.11. The van der Waals surface area contributed by atoms with Gasteiger partial charge in [0.1, 0.15) is 5.56 Å². The van der Waals surface area contributed by atoms with E-state index >= 15 is 0 Å². The van der Waals surface area contributed by atoms with Crippen LogP contribution < -0.4 is 16.6 Å². The SMILES string of the molecule is CNCc1nc(-c2cn(C(C)C)c(=O)[nH]c2=O)no1. The maximum Gasteiger partial charge on any atom is 0.328 e. The normalized spacial score (nSPS) is 11.2. The molecule has 0 atom stereocenters. The quantitative estimate of drug-likeness (QED) is 0.798. The van der Waals surface area contributed by atoms with E-state index in [1.807, 2.05) is 13.8 Å². The van der Waals surface area contributed by atoms with Gasteiger partial charge in [0.05, 0.1) is 6.54 Å². The predicted octanol–water partition coefficient (Wildman–Crippen LogP) is -0.113. The molecule has 2 aromatic rings. The standard InChI is InChI=1S/C11H15N5O3/c1-6(2)16-5-7(10(17)14-11(16)18)9-13-8(4-12-3)19-15-9/h5-6,12H,4H2,1-3H3,(H,14,17,18). The molecular weight excluding hydrogens is 250 g/mol. The van der Waals surface area contributed by atoms with Crippen LogP contribution in [0.2, 0.25) is 0 Å². The molecule has 0 aromatic carbocycles. The molecule has 0 aliphatic rings. The third kappa shape index (κ3) is 2.63. The summed E-state index contributed by atoms with van der Waals surface area (Å²) in [5.74, 6) is 0.542. The Morgan fingerprint density at radius 1 is 1.47 bits per heavy atom. The molecule has 2 heterocycles.